The maximum Gasteiger partial charge on any atom is 0.275 e. The lowest BCUT2D eigenvalue weighted by Gasteiger charge is -2.21. The number of nitrogens with two attached hydrogens (primary N) is 1. The highest BCUT2D eigenvalue weighted by Gasteiger charge is 2.25. The molecule has 1 heterocycles. The van der Waals surface area contributed by atoms with Gasteiger partial charge in [-0.3, -0.25) is 4.31 Å². The summed E-state index contributed by atoms with van der Waals surface area (Å²) in [7, 11) is -3.55. The number of hydrogen-bond donors (Lipinski definition) is 1. The Morgan fingerprint density at radius 3 is 2.42 bits per heavy atom. The van der Waals surface area contributed by atoms with Gasteiger partial charge in [0.25, 0.3) is 10.0 Å². The van der Waals surface area contributed by atoms with E-state index in [1.165, 1.54) is 21.8 Å². The minimum Gasteiger partial charge on any atom is -0.399 e. The Hall–Kier alpha value is -1.60. The number of anilines is 2. The van der Waals surface area contributed by atoms with Crippen molar-refractivity contribution in [3.05, 3.63) is 35.5 Å². The predicted molar refractivity (Wildman–Crippen MR) is 77.9 cm³/mol. The molecule has 0 fully saturated rings. The van der Waals surface area contributed by atoms with Crippen molar-refractivity contribution in [3.63, 3.8) is 0 Å². The van der Waals surface area contributed by atoms with Gasteiger partial charge in [-0.25, -0.2) is 13.4 Å². The number of aryl methyl sites for hydroxylation is 1. The second kappa shape index (κ2) is 5.18. The summed E-state index contributed by atoms with van der Waals surface area (Å²) >= 11 is 1.17. The molecule has 0 saturated heterocycles. The molecular formula is C12H15N3O2S2. The van der Waals surface area contributed by atoms with E-state index in [1.54, 1.807) is 38.1 Å². The van der Waals surface area contributed by atoms with Crippen LogP contribution in [0.15, 0.2) is 34.7 Å². The van der Waals surface area contributed by atoms with Gasteiger partial charge >= 0.3 is 0 Å². The summed E-state index contributed by atoms with van der Waals surface area (Å²) in [5, 5.41) is 0.729. The highest BCUT2D eigenvalue weighted by atomic mass is 32.2. The van der Waals surface area contributed by atoms with E-state index in [-0.39, 0.29) is 4.21 Å². The predicted octanol–water partition coefficient (Wildman–Crippen LogP) is 2.25. The first-order chi connectivity index (χ1) is 8.95. The summed E-state index contributed by atoms with van der Waals surface area (Å²) < 4.78 is 26.7. The van der Waals surface area contributed by atoms with Crippen LogP contribution in [-0.2, 0) is 10.0 Å². The van der Waals surface area contributed by atoms with E-state index in [2.05, 4.69) is 4.98 Å². The van der Waals surface area contributed by atoms with Crippen LogP contribution in [0.5, 0.6) is 0 Å². The fraction of sp³-hybridized carbons (Fsp3) is 0.250. The van der Waals surface area contributed by atoms with E-state index < -0.39 is 10.0 Å². The fourth-order valence-corrected chi connectivity index (χ4v) is 4.40. The molecule has 2 aromatic rings. The number of aromatic nitrogens is 1. The quantitative estimate of drug-likeness (QED) is 0.878. The van der Waals surface area contributed by atoms with Gasteiger partial charge in [0.05, 0.1) is 16.9 Å². The average Bonchev–Trinajstić information content (AvgIpc) is 2.80. The molecule has 1 aromatic carbocycles. The lowest BCUT2D eigenvalue weighted by Crippen LogP contribution is -2.30. The zero-order valence-corrected chi connectivity index (χ0v) is 12.3. The number of nitrogens with zero attached hydrogens (tertiary/aromatic N) is 2. The van der Waals surface area contributed by atoms with Crippen LogP contribution in [0.1, 0.15) is 11.9 Å². The standard InChI is InChI=1S/C12H15N3O2S2/c1-3-15(11-6-4-10(13)5-7-11)19(16,17)12-8-14-9(2)18-12/h4-8H,3,13H2,1-2H3. The van der Waals surface area contributed by atoms with Crippen LogP contribution in [-0.4, -0.2) is 19.9 Å². The molecule has 0 atom stereocenters. The van der Waals surface area contributed by atoms with E-state index in [1.807, 2.05) is 0 Å². The van der Waals surface area contributed by atoms with Gasteiger partial charge in [0.2, 0.25) is 0 Å². The Bertz CT molecular complexity index is 663. The maximum atomic E-state index is 12.5. The normalized spacial score (nSPS) is 11.5. The van der Waals surface area contributed by atoms with Crippen LogP contribution >= 0.6 is 11.3 Å². The molecular weight excluding hydrogens is 282 g/mol. The van der Waals surface area contributed by atoms with Gasteiger partial charge in [0.1, 0.15) is 0 Å². The van der Waals surface area contributed by atoms with Crippen molar-refractivity contribution in [1.29, 1.82) is 0 Å². The van der Waals surface area contributed by atoms with Gasteiger partial charge in [-0.15, -0.1) is 11.3 Å². The number of thiazole rings is 1. The molecule has 102 valence electrons. The molecule has 0 aliphatic rings. The number of nitrogen functional groups attached to an aromatic ring is 1. The summed E-state index contributed by atoms with van der Waals surface area (Å²) in [6.45, 7) is 3.92. The summed E-state index contributed by atoms with van der Waals surface area (Å²) in [5.74, 6) is 0. The molecule has 1 aromatic heterocycles. The Labute approximate surface area is 116 Å². The molecule has 0 spiro atoms. The van der Waals surface area contributed by atoms with Gasteiger partial charge in [-0.05, 0) is 38.1 Å². The van der Waals surface area contributed by atoms with E-state index in [9.17, 15) is 8.42 Å². The first kappa shape index (κ1) is 13.8. The monoisotopic (exact) mass is 297 g/mol. The molecule has 7 heteroatoms. The molecule has 5 nitrogen and oxygen atoms in total. The first-order valence-electron chi connectivity index (χ1n) is 5.76. The van der Waals surface area contributed by atoms with Crippen LogP contribution in [0.25, 0.3) is 0 Å². The zero-order valence-electron chi connectivity index (χ0n) is 10.7. The zero-order chi connectivity index (χ0) is 14.0. The van der Waals surface area contributed by atoms with Crippen molar-refractivity contribution in [1.82, 2.24) is 4.98 Å². The number of hydrogen-bond acceptors (Lipinski definition) is 5. The van der Waals surface area contributed by atoms with Crippen molar-refractivity contribution in [2.45, 2.75) is 18.1 Å². The summed E-state index contributed by atoms with van der Waals surface area (Å²) in [5.41, 5.74) is 6.82. The third-order valence-electron chi connectivity index (χ3n) is 2.61. The molecule has 0 radical (unpaired) electrons. The molecule has 0 aliphatic carbocycles. The number of rotatable bonds is 4. The highest BCUT2D eigenvalue weighted by molar-refractivity contribution is 7.94. The summed E-state index contributed by atoms with van der Waals surface area (Å²) in [6, 6.07) is 6.77. The first-order valence-corrected chi connectivity index (χ1v) is 8.01. The van der Waals surface area contributed by atoms with E-state index in [0.29, 0.717) is 17.9 Å². The second-order valence-corrected chi connectivity index (χ2v) is 7.28. The molecule has 2 rings (SSSR count). The van der Waals surface area contributed by atoms with Gasteiger partial charge in [0, 0.05) is 12.2 Å². The lowest BCUT2D eigenvalue weighted by atomic mass is 10.3. The number of benzene rings is 1. The van der Waals surface area contributed by atoms with Crippen molar-refractivity contribution < 1.29 is 8.42 Å². The Morgan fingerprint density at radius 1 is 1.32 bits per heavy atom. The van der Waals surface area contributed by atoms with Crippen LogP contribution in [0.2, 0.25) is 0 Å². The molecule has 0 aliphatic heterocycles. The van der Waals surface area contributed by atoms with Gasteiger partial charge in [-0.1, -0.05) is 0 Å². The van der Waals surface area contributed by atoms with Crippen molar-refractivity contribution in [2.75, 3.05) is 16.6 Å². The van der Waals surface area contributed by atoms with Crippen molar-refractivity contribution >= 4 is 32.7 Å². The van der Waals surface area contributed by atoms with E-state index in [4.69, 9.17) is 5.73 Å². The fourth-order valence-electron chi connectivity index (χ4n) is 1.70. The molecule has 0 unspecified atom stereocenters. The largest absolute Gasteiger partial charge is 0.399 e. The van der Waals surface area contributed by atoms with Crippen LogP contribution in [0, 0.1) is 6.92 Å². The Morgan fingerprint density at radius 2 is 1.95 bits per heavy atom. The van der Waals surface area contributed by atoms with Crippen molar-refractivity contribution in [2.24, 2.45) is 0 Å². The smallest absolute Gasteiger partial charge is 0.275 e. The molecule has 19 heavy (non-hydrogen) atoms. The van der Waals surface area contributed by atoms with Gasteiger partial charge in [0.15, 0.2) is 4.21 Å². The second-order valence-electron chi connectivity index (χ2n) is 3.96. The van der Waals surface area contributed by atoms with Crippen LogP contribution < -0.4 is 10.0 Å². The maximum absolute atomic E-state index is 12.5. The van der Waals surface area contributed by atoms with Crippen LogP contribution in [0.4, 0.5) is 11.4 Å². The van der Waals surface area contributed by atoms with Gasteiger partial charge in [-0.2, -0.15) is 0 Å². The van der Waals surface area contributed by atoms with Crippen molar-refractivity contribution in [3.8, 4) is 0 Å². The SMILES string of the molecule is CCN(c1ccc(N)cc1)S(=O)(=O)c1cnc(C)s1. The topological polar surface area (TPSA) is 76.3 Å². The minimum absolute atomic E-state index is 0.253. The molecule has 0 bridgehead atoms. The third-order valence-corrected chi connectivity index (χ3v) is 5.87. The highest BCUT2D eigenvalue weighted by Crippen LogP contribution is 2.27. The lowest BCUT2D eigenvalue weighted by molar-refractivity contribution is 0.593. The average molecular weight is 297 g/mol. The molecule has 0 saturated carbocycles. The Balaban J connectivity index is 2.44. The minimum atomic E-state index is -3.55. The van der Waals surface area contributed by atoms with Crippen LogP contribution in [0.3, 0.4) is 0 Å². The van der Waals surface area contributed by atoms with Gasteiger partial charge < -0.3 is 5.73 Å². The van der Waals surface area contributed by atoms with E-state index in [0.717, 1.165) is 5.01 Å². The molecule has 2 N–H and O–H groups in total. The summed E-state index contributed by atoms with van der Waals surface area (Å²) in [6.07, 6.45) is 1.40. The summed E-state index contributed by atoms with van der Waals surface area (Å²) in [4.78, 5) is 4.00. The number of sulfonamides is 1. The molecule has 0 amide bonds. The van der Waals surface area contributed by atoms with E-state index >= 15 is 0 Å². The third kappa shape index (κ3) is 2.71. The Kier molecular flexibility index (Phi) is 3.77.